The fraction of sp³-hybridized carbons (Fsp3) is 0.750. The van der Waals surface area contributed by atoms with Crippen LogP contribution in [0.5, 0.6) is 0 Å². The molecule has 0 aromatic heterocycles. The lowest BCUT2D eigenvalue weighted by Gasteiger charge is -2.63. The number of halogens is 2. The van der Waals surface area contributed by atoms with Crippen LogP contribution in [0.3, 0.4) is 0 Å². The highest BCUT2D eigenvalue weighted by atomic mass is 19.1. The third kappa shape index (κ3) is 2.26. The predicted molar refractivity (Wildman–Crippen MR) is 107 cm³/mol. The second-order valence-corrected chi connectivity index (χ2v) is 10.4. The topological polar surface area (TPSA) is 54.4 Å². The van der Waals surface area contributed by atoms with Gasteiger partial charge in [0, 0.05) is 16.7 Å². The maximum Gasteiger partial charge on any atom is 0.178 e. The van der Waals surface area contributed by atoms with Gasteiger partial charge in [0.15, 0.2) is 17.2 Å². The van der Waals surface area contributed by atoms with E-state index in [0.29, 0.717) is 19.3 Å². The number of Topliss-reactive ketones (excluding diaryl/α,β-unsaturated/α-hetero) is 1. The van der Waals surface area contributed by atoms with Crippen molar-refractivity contribution in [2.45, 2.75) is 71.6 Å². The van der Waals surface area contributed by atoms with E-state index in [9.17, 15) is 19.1 Å². The second-order valence-electron chi connectivity index (χ2n) is 10.4. The van der Waals surface area contributed by atoms with Gasteiger partial charge in [-0.2, -0.15) is 0 Å². The summed E-state index contributed by atoms with van der Waals surface area (Å²) in [5, 5.41) is 11.3. The monoisotopic (exact) mass is 406 g/mol. The van der Waals surface area contributed by atoms with Crippen molar-refractivity contribution in [1.82, 2.24) is 0 Å². The van der Waals surface area contributed by atoms with Crippen LogP contribution in [0.4, 0.5) is 8.78 Å². The Hall–Kier alpha value is -1.36. The lowest BCUT2D eigenvalue weighted by atomic mass is 9.43. The van der Waals surface area contributed by atoms with Crippen molar-refractivity contribution in [1.29, 1.82) is 0 Å². The molecule has 0 radical (unpaired) electrons. The molecular formula is C24H32F2O3. The normalized spacial score (nSPS) is 51.1. The molecule has 0 aromatic rings. The molecule has 2 unspecified atom stereocenters. The quantitative estimate of drug-likeness (QED) is 0.749. The van der Waals surface area contributed by atoms with Crippen LogP contribution in [0.15, 0.2) is 23.8 Å². The number of rotatable bonds is 3. The summed E-state index contributed by atoms with van der Waals surface area (Å²) in [5.74, 6) is -1.12. The molecule has 0 heterocycles. The van der Waals surface area contributed by atoms with Gasteiger partial charge in [-0.25, -0.2) is 8.78 Å². The molecule has 160 valence electrons. The molecule has 0 saturated heterocycles. The molecule has 3 nitrogen and oxygen atoms in total. The van der Waals surface area contributed by atoms with E-state index in [4.69, 9.17) is 0 Å². The van der Waals surface area contributed by atoms with Crippen LogP contribution in [-0.4, -0.2) is 35.1 Å². The van der Waals surface area contributed by atoms with E-state index >= 15 is 4.39 Å². The Morgan fingerprint density at radius 3 is 2.59 bits per heavy atom. The summed E-state index contributed by atoms with van der Waals surface area (Å²) < 4.78 is 30.6. The minimum Gasteiger partial charge on any atom is -0.390 e. The van der Waals surface area contributed by atoms with E-state index in [0.717, 1.165) is 12.0 Å². The molecular weight excluding hydrogens is 374 g/mol. The first kappa shape index (κ1) is 20.9. The van der Waals surface area contributed by atoms with Crippen LogP contribution in [0, 0.1) is 34.0 Å². The van der Waals surface area contributed by atoms with Gasteiger partial charge in [0.1, 0.15) is 6.67 Å². The largest absolute Gasteiger partial charge is 0.390 e. The number of ketones is 2. The lowest BCUT2D eigenvalue weighted by molar-refractivity contribution is -0.205. The number of aliphatic hydroxyl groups excluding tert-OH is 1. The molecule has 0 bridgehead atoms. The van der Waals surface area contributed by atoms with E-state index in [1.165, 1.54) is 12.2 Å². The molecule has 4 aliphatic rings. The van der Waals surface area contributed by atoms with Crippen molar-refractivity contribution in [3.63, 3.8) is 0 Å². The Balaban J connectivity index is 1.84. The standard InChI is InChI=1S/C24H32F2O3/c1-5-14-11-18-17-7-6-15-10-16(27)8-9-21(15,2)24(17,26)19(28)12-22(18,3)23(14,4)20(29)13-25/h8-10,14,17-19,28H,5-7,11-13H2,1-4H3/t14?,17-,18-,19?,21-,22-,23+,24-/m0/s1. The zero-order valence-electron chi connectivity index (χ0n) is 17.8. The Morgan fingerprint density at radius 1 is 1.28 bits per heavy atom. The van der Waals surface area contributed by atoms with E-state index < -0.39 is 46.4 Å². The van der Waals surface area contributed by atoms with Gasteiger partial charge in [0.05, 0.1) is 6.10 Å². The molecule has 0 aromatic carbocycles. The van der Waals surface area contributed by atoms with Gasteiger partial charge in [-0.15, -0.1) is 0 Å². The molecule has 1 N–H and O–H groups in total. The van der Waals surface area contributed by atoms with E-state index in [1.807, 2.05) is 20.8 Å². The number of allylic oxidation sites excluding steroid dienone is 4. The average Bonchev–Trinajstić information content (AvgIpc) is 2.91. The van der Waals surface area contributed by atoms with Gasteiger partial charge in [0.25, 0.3) is 0 Å². The maximum atomic E-state index is 17.0. The van der Waals surface area contributed by atoms with Crippen molar-refractivity contribution in [2.24, 2.45) is 34.0 Å². The molecule has 0 aliphatic heterocycles. The average molecular weight is 407 g/mol. The minimum absolute atomic E-state index is 0.0245. The van der Waals surface area contributed by atoms with Crippen LogP contribution in [0.2, 0.25) is 0 Å². The molecule has 3 fully saturated rings. The third-order valence-corrected chi connectivity index (χ3v) is 9.77. The SMILES string of the molecule is CCC1C[C@H]2[C@@H]3CCC4=CC(=O)C=C[C@]4(C)[C@@]3(F)C(O)C[C@]2(C)[C@@]1(C)C(=O)CF. The minimum atomic E-state index is -1.90. The Labute approximate surface area is 171 Å². The summed E-state index contributed by atoms with van der Waals surface area (Å²) in [5.41, 5.74) is -3.74. The number of hydrogen-bond acceptors (Lipinski definition) is 3. The van der Waals surface area contributed by atoms with Gasteiger partial charge in [-0.1, -0.05) is 38.8 Å². The van der Waals surface area contributed by atoms with Crippen LogP contribution >= 0.6 is 0 Å². The van der Waals surface area contributed by atoms with Crippen molar-refractivity contribution in [3.05, 3.63) is 23.8 Å². The highest BCUT2D eigenvalue weighted by molar-refractivity contribution is 6.01. The van der Waals surface area contributed by atoms with Crippen LogP contribution < -0.4 is 0 Å². The first-order chi connectivity index (χ1) is 13.5. The van der Waals surface area contributed by atoms with Gasteiger partial charge in [0.2, 0.25) is 0 Å². The predicted octanol–water partition coefficient (Wildman–Crippen LogP) is 4.54. The van der Waals surface area contributed by atoms with E-state index in [1.54, 1.807) is 13.0 Å². The van der Waals surface area contributed by atoms with Crippen molar-refractivity contribution >= 4 is 11.6 Å². The van der Waals surface area contributed by atoms with Crippen LogP contribution in [0.25, 0.3) is 0 Å². The summed E-state index contributed by atoms with van der Waals surface area (Å²) >= 11 is 0. The highest BCUT2D eigenvalue weighted by Gasteiger charge is 2.74. The Kier molecular flexibility index (Phi) is 4.55. The smallest absolute Gasteiger partial charge is 0.178 e. The number of hydrogen-bond donors (Lipinski definition) is 1. The Bertz CT molecular complexity index is 819. The van der Waals surface area contributed by atoms with Gasteiger partial charge in [-0.05, 0) is 62.0 Å². The number of alkyl halides is 2. The lowest BCUT2D eigenvalue weighted by Crippen LogP contribution is -2.67. The fourth-order valence-corrected chi connectivity index (χ4v) is 7.86. The molecule has 5 heteroatoms. The van der Waals surface area contributed by atoms with Gasteiger partial charge >= 0.3 is 0 Å². The zero-order valence-corrected chi connectivity index (χ0v) is 17.8. The fourth-order valence-electron chi connectivity index (χ4n) is 7.86. The van der Waals surface area contributed by atoms with E-state index in [2.05, 4.69) is 0 Å². The first-order valence-electron chi connectivity index (χ1n) is 10.9. The summed E-state index contributed by atoms with van der Waals surface area (Å²) in [6, 6.07) is 0. The zero-order chi connectivity index (χ0) is 21.4. The molecule has 4 aliphatic carbocycles. The van der Waals surface area contributed by atoms with Crippen molar-refractivity contribution < 1.29 is 23.5 Å². The number of fused-ring (bicyclic) bond motifs is 5. The third-order valence-electron chi connectivity index (χ3n) is 9.77. The van der Waals surface area contributed by atoms with Gasteiger partial charge in [-0.3, -0.25) is 9.59 Å². The number of carbonyl (C=O) groups excluding carboxylic acids is 2. The Morgan fingerprint density at radius 2 is 1.97 bits per heavy atom. The molecule has 0 spiro atoms. The first-order valence-corrected chi connectivity index (χ1v) is 10.9. The summed E-state index contributed by atoms with van der Waals surface area (Å²) in [6.45, 7) is 6.59. The van der Waals surface area contributed by atoms with Crippen molar-refractivity contribution in [3.8, 4) is 0 Å². The highest BCUT2D eigenvalue weighted by Crippen LogP contribution is 2.73. The number of carbonyl (C=O) groups is 2. The molecule has 8 atom stereocenters. The summed E-state index contributed by atoms with van der Waals surface area (Å²) in [6.07, 6.45) is 5.98. The molecule has 29 heavy (non-hydrogen) atoms. The molecule has 0 amide bonds. The summed E-state index contributed by atoms with van der Waals surface area (Å²) in [4.78, 5) is 24.7. The second kappa shape index (κ2) is 6.32. The number of aliphatic hydroxyl groups is 1. The summed E-state index contributed by atoms with van der Waals surface area (Å²) in [7, 11) is 0. The van der Waals surface area contributed by atoms with E-state index in [-0.39, 0.29) is 24.0 Å². The van der Waals surface area contributed by atoms with Crippen molar-refractivity contribution in [2.75, 3.05) is 6.67 Å². The molecule has 4 rings (SSSR count). The van der Waals surface area contributed by atoms with Crippen LogP contribution in [0.1, 0.15) is 59.8 Å². The molecule has 3 saturated carbocycles. The maximum absolute atomic E-state index is 17.0. The van der Waals surface area contributed by atoms with Gasteiger partial charge < -0.3 is 5.11 Å². The van der Waals surface area contributed by atoms with Crippen LogP contribution in [-0.2, 0) is 9.59 Å².